The number of esters is 1. The minimum Gasteiger partial charge on any atom is -0.478 e. The van der Waals surface area contributed by atoms with Crippen molar-refractivity contribution in [3.63, 3.8) is 0 Å². The number of halogens is 1. The molecular weight excluding hydrogens is 403 g/mol. The molecule has 1 fully saturated rings. The van der Waals surface area contributed by atoms with Crippen molar-refractivity contribution in [2.45, 2.75) is 59.2 Å². The van der Waals surface area contributed by atoms with Gasteiger partial charge in [-0.15, -0.1) is 0 Å². The highest BCUT2D eigenvalue weighted by Crippen LogP contribution is 2.35. The third-order valence-corrected chi connectivity index (χ3v) is 5.59. The summed E-state index contributed by atoms with van der Waals surface area (Å²) >= 11 is 2.21. The van der Waals surface area contributed by atoms with E-state index in [9.17, 15) is 4.79 Å². The van der Waals surface area contributed by atoms with Crippen LogP contribution in [0.3, 0.4) is 0 Å². The second-order valence-corrected chi connectivity index (χ2v) is 8.15. The molecule has 23 heavy (non-hydrogen) atoms. The molecule has 2 rings (SSSR count). The summed E-state index contributed by atoms with van der Waals surface area (Å²) in [5.74, 6) is 2.09. The Morgan fingerprint density at radius 1 is 1.22 bits per heavy atom. The number of ether oxygens (including phenoxy) is 2. The fourth-order valence-corrected chi connectivity index (χ4v) is 3.79. The number of benzene rings is 1. The highest BCUT2D eigenvalue weighted by atomic mass is 127. The molecule has 0 saturated heterocycles. The molecule has 3 unspecified atom stereocenters. The molecule has 0 aromatic heterocycles. The van der Waals surface area contributed by atoms with E-state index in [-0.39, 0.29) is 12.1 Å². The lowest BCUT2D eigenvalue weighted by atomic mass is 9.75. The molecule has 0 N–H and O–H groups in total. The molecule has 1 aliphatic carbocycles. The van der Waals surface area contributed by atoms with Gasteiger partial charge in [0.2, 0.25) is 0 Å². The summed E-state index contributed by atoms with van der Waals surface area (Å²) in [6, 6.07) is 7.71. The monoisotopic (exact) mass is 430 g/mol. The summed E-state index contributed by atoms with van der Waals surface area (Å²) in [7, 11) is 0. The zero-order valence-electron chi connectivity index (χ0n) is 14.4. The van der Waals surface area contributed by atoms with Crippen LogP contribution in [0.1, 0.15) is 47.0 Å². The highest BCUT2D eigenvalue weighted by Gasteiger charge is 2.34. The van der Waals surface area contributed by atoms with Gasteiger partial charge in [0, 0.05) is 0 Å². The number of para-hydroxylation sites is 1. The van der Waals surface area contributed by atoms with E-state index in [1.807, 2.05) is 24.3 Å². The molecule has 0 spiro atoms. The maximum atomic E-state index is 12.5. The summed E-state index contributed by atoms with van der Waals surface area (Å²) in [5, 5.41) is 0. The van der Waals surface area contributed by atoms with Crippen LogP contribution in [-0.2, 0) is 9.53 Å². The molecule has 1 aromatic rings. The minimum absolute atomic E-state index is 0.0205. The maximum Gasteiger partial charge on any atom is 0.347 e. The quantitative estimate of drug-likeness (QED) is 0.484. The third-order valence-electron chi connectivity index (χ3n) is 4.70. The number of hydrogen-bond donors (Lipinski definition) is 0. The van der Waals surface area contributed by atoms with Gasteiger partial charge in [-0.3, -0.25) is 0 Å². The van der Waals surface area contributed by atoms with Gasteiger partial charge in [0.05, 0.1) is 3.57 Å². The highest BCUT2D eigenvalue weighted by molar-refractivity contribution is 14.1. The first-order valence-electron chi connectivity index (χ1n) is 8.50. The lowest BCUT2D eigenvalue weighted by Gasteiger charge is -2.37. The van der Waals surface area contributed by atoms with Gasteiger partial charge in [0.1, 0.15) is 11.9 Å². The van der Waals surface area contributed by atoms with Crippen LogP contribution in [0.25, 0.3) is 0 Å². The SMILES string of the molecule is CC1CCC(C(C)C)C(OC(=O)[C@@H](C)Oc2ccccc2I)C1. The van der Waals surface area contributed by atoms with Gasteiger partial charge >= 0.3 is 5.97 Å². The second kappa shape index (κ2) is 8.36. The van der Waals surface area contributed by atoms with E-state index in [0.717, 1.165) is 22.2 Å². The normalized spacial score (nSPS) is 25.9. The first kappa shape index (κ1) is 18.6. The average Bonchev–Trinajstić information content (AvgIpc) is 2.49. The van der Waals surface area contributed by atoms with E-state index in [1.165, 1.54) is 6.42 Å². The first-order valence-corrected chi connectivity index (χ1v) is 9.58. The lowest BCUT2D eigenvalue weighted by molar-refractivity contribution is -0.163. The fraction of sp³-hybridized carbons (Fsp3) is 0.632. The van der Waals surface area contributed by atoms with E-state index in [1.54, 1.807) is 6.92 Å². The molecule has 3 nitrogen and oxygen atoms in total. The molecule has 0 radical (unpaired) electrons. The molecular formula is C19H27IO3. The predicted molar refractivity (Wildman–Crippen MR) is 100 cm³/mol. The van der Waals surface area contributed by atoms with Gasteiger partial charge in [-0.2, -0.15) is 0 Å². The number of rotatable bonds is 5. The van der Waals surface area contributed by atoms with Crippen molar-refractivity contribution in [2.75, 3.05) is 0 Å². The van der Waals surface area contributed by atoms with E-state index < -0.39 is 6.10 Å². The standard InChI is InChI=1S/C19H27IO3/c1-12(2)15-10-9-13(3)11-18(15)23-19(21)14(4)22-17-8-6-5-7-16(17)20/h5-8,12-15,18H,9-11H2,1-4H3/t13?,14-,15?,18?/m1/s1. The lowest BCUT2D eigenvalue weighted by Crippen LogP contribution is -2.39. The van der Waals surface area contributed by atoms with Crippen molar-refractivity contribution in [2.24, 2.45) is 17.8 Å². The molecule has 0 bridgehead atoms. The number of hydrogen-bond acceptors (Lipinski definition) is 3. The summed E-state index contributed by atoms with van der Waals surface area (Å²) in [4.78, 5) is 12.5. The van der Waals surface area contributed by atoms with Crippen LogP contribution in [0.4, 0.5) is 0 Å². The van der Waals surface area contributed by atoms with Crippen LogP contribution in [-0.4, -0.2) is 18.2 Å². The van der Waals surface area contributed by atoms with Gasteiger partial charge < -0.3 is 9.47 Å². The van der Waals surface area contributed by atoms with E-state index in [2.05, 4.69) is 43.4 Å². The Bertz CT molecular complexity index is 529. The van der Waals surface area contributed by atoms with E-state index >= 15 is 0 Å². The molecule has 4 heteroatoms. The summed E-state index contributed by atoms with van der Waals surface area (Å²) in [5.41, 5.74) is 0. The van der Waals surface area contributed by atoms with Crippen molar-refractivity contribution < 1.29 is 14.3 Å². The van der Waals surface area contributed by atoms with Crippen molar-refractivity contribution in [3.05, 3.63) is 27.8 Å². The summed E-state index contributed by atoms with van der Waals surface area (Å²) < 4.78 is 12.6. The van der Waals surface area contributed by atoms with Crippen LogP contribution in [0.5, 0.6) is 5.75 Å². The van der Waals surface area contributed by atoms with Gasteiger partial charge in [0.25, 0.3) is 0 Å². The Labute approximate surface area is 153 Å². The van der Waals surface area contributed by atoms with Crippen LogP contribution >= 0.6 is 22.6 Å². The Hall–Kier alpha value is -0.780. The number of carbonyl (C=O) groups is 1. The zero-order valence-corrected chi connectivity index (χ0v) is 16.6. The molecule has 1 saturated carbocycles. The zero-order chi connectivity index (χ0) is 17.0. The van der Waals surface area contributed by atoms with Crippen LogP contribution in [0.2, 0.25) is 0 Å². The Morgan fingerprint density at radius 2 is 1.91 bits per heavy atom. The molecule has 0 heterocycles. The van der Waals surface area contributed by atoms with E-state index in [4.69, 9.17) is 9.47 Å². The van der Waals surface area contributed by atoms with Gasteiger partial charge in [-0.1, -0.05) is 39.3 Å². The van der Waals surface area contributed by atoms with E-state index in [0.29, 0.717) is 17.8 Å². The van der Waals surface area contributed by atoms with Crippen LogP contribution in [0.15, 0.2) is 24.3 Å². The maximum absolute atomic E-state index is 12.5. The third kappa shape index (κ3) is 5.10. The smallest absolute Gasteiger partial charge is 0.347 e. The largest absolute Gasteiger partial charge is 0.478 e. The number of carbonyl (C=O) groups excluding carboxylic acids is 1. The van der Waals surface area contributed by atoms with Crippen molar-refractivity contribution in [3.8, 4) is 5.75 Å². The average molecular weight is 430 g/mol. The summed E-state index contributed by atoms with van der Waals surface area (Å²) in [6.45, 7) is 8.44. The Morgan fingerprint density at radius 3 is 2.57 bits per heavy atom. The molecule has 1 aromatic carbocycles. The Kier molecular flexibility index (Phi) is 6.74. The molecule has 1 aliphatic rings. The second-order valence-electron chi connectivity index (χ2n) is 6.99. The summed E-state index contributed by atoms with van der Waals surface area (Å²) in [6.07, 6.45) is 2.76. The first-order chi connectivity index (χ1) is 10.9. The Balaban J connectivity index is 1.97. The minimum atomic E-state index is -0.587. The molecule has 128 valence electrons. The molecule has 4 atom stereocenters. The molecule has 0 aliphatic heterocycles. The van der Waals surface area contributed by atoms with Crippen molar-refractivity contribution in [1.29, 1.82) is 0 Å². The van der Waals surface area contributed by atoms with Gasteiger partial charge in [-0.25, -0.2) is 4.79 Å². The fourth-order valence-electron chi connectivity index (χ4n) is 3.27. The molecule has 0 amide bonds. The van der Waals surface area contributed by atoms with Crippen molar-refractivity contribution in [1.82, 2.24) is 0 Å². The van der Waals surface area contributed by atoms with Gasteiger partial charge in [-0.05, 0) is 72.2 Å². The van der Waals surface area contributed by atoms with Gasteiger partial charge in [0.15, 0.2) is 6.10 Å². The predicted octanol–water partition coefficient (Wildman–Crippen LogP) is 5.06. The van der Waals surface area contributed by atoms with Crippen LogP contribution < -0.4 is 4.74 Å². The van der Waals surface area contributed by atoms with Crippen LogP contribution in [0, 0.1) is 21.3 Å². The van der Waals surface area contributed by atoms with Crippen molar-refractivity contribution >= 4 is 28.6 Å². The topological polar surface area (TPSA) is 35.5 Å².